The van der Waals surface area contributed by atoms with Gasteiger partial charge in [-0.25, -0.2) is 26.7 Å². The van der Waals surface area contributed by atoms with E-state index in [1.54, 1.807) is 39.9 Å². The summed E-state index contributed by atoms with van der Waals surface area (Å²) < 4.78 is 57.4. The van der Waals surface area contributed by atoms with Gasteiger partial charge in [0.1, 0.15) is 11.6 Å². The summed E-state index contributed by atoms with van der Waals surface area (Å²) in [6.07, 6.45) is 9.70. The molecule has 172 valence electrons. The van der Waals surface area contributed by atoms with Crippen LogP contribution in [0, 0.1) is 11.6 Å². The highest BCUT2D eigenvalue weighted by Gasteiger charge is 2.15. The molecule has 0 saturated heterocycles. The van der Waals surface area contributed by atoms with Crippen molar-refractivity contribution in [3.63, 3.8) is 0 Å². The lowest BCUT2D eigenvalue weighted by Crippen LogP contribution is -2.09. The number of benzene rings is 2. The van der Waals surface area contributed by atoms with E-state index in [1.165, 1.54) is 12.1 Å². The number of halogens is 2. The number of nitrogens with one attached hydrogen (secondary N) is 1. The predicted molar refractivity (Wildman–Crippen MR) is 124 cm³/mol. The number of anilines is 1. The SMILES string of the molecule is Cn1cc(-c2cnc3c(-c4cc(NS(C)(=O)=O)cc(-c5ccc(F)cc5F)c4)cnn3c2)cn1. The number of aryl methyl sites for hydroxylation is 1. The molecule has 34 heavy (non-hydrogen) atoms. The first kappa shape index (κ1) is 21.7. The van der Waals surface area contributed by atoms with E-state index in [-0.39, 0.29) is 11.3 Å². The summed E-state index contributed by atoms with van der Waals surface area (Å²) in [6.45, 7) is 0. The monoisotopic (exact) mass is 480 g/mol. The predicted octanol–water partition coefficient (Wildman–Crippen LogP) is 4.11. The fraction of sp³-hybridized carbons (Fsp3) is 0.0870. The van der Waals surface area contributed by atoms with Gasteiger partial charge in [-0.2, -0.15) is 10.2 Å². The minimum atomic E-state index is -3.60. The van der Waals surface area contributed by atoms with Crippen LogP contribution in [0.1, 0.15) is 0 Å². The van der Waals surface area contributed by atoms with Gasteiger partial charge in [-0.05, 0) is 41.5 Å². The smallest absolute Gasteiger partial charge is 0.229 e. The van der Waals surface area contributed by atoms with Crippen LogP contribution < -0.4 is 4.72 Å². The molecule has 8 nitrogen and oxygen atoms in total. The quantitative estimate of drug-likeness (QED) is 0.409. The molecule has 2 aromatic carbocycles. The molecule has 0 radical (unpaired) electrons. The number of aromatic nitrogens is 5. The van der Waals surface area contributed by atoms with Crippen LogP contribution in [0.25, 0.3) is 39.0 Å². The van der Waals surface area contributed by atoms with Gasteiger partial charge >= 0.3 is 0 Å². The minimum absolute atomic E-state index is 0.128. The molecule has 0 fully saturated rings. The van der Waals surface area contributed by atoms with Gasteiger partial charge in [-0.3, -0.25) is 9.40 Å². The Balaban J connectivity index is 1.65. The zero-order chi connectivity index (χ0) is 24.0. The maximum Gasteiger partial charge on any atom is 0.229 e. The lowest BCUT2D eigenvalue weighted by molar-refractivity contribution is 0.585. The molecule has 0 bridgehead atoms. The molecule has 3 aromatic heterocycles. The number of nitrogens with zero attached hydrogens (tertiary/aromatic N) is 5. The van der Waals surface area contributed by atoms with Crippen molar-refractivity contribution in [1.82, 2.24) is 24.4 Å². The van der Waals surface area contributed by atoms with Gasteiger partial charge in [0.2, 0.25) is 10.0 Å². The molecule has 11 heteroatoms. The topological polar surface area (TPSA) is 94.2 Å². The molecule has 5 rings (SSSR count). The Morgan fingerprint density at radius 3 is 2.26 bits per heavy atom. The Kier molecular flexibility index (Phi) is 5.13. The molecular formula is C23H18F2N6O2S. The number of hydrogen-bond acceptors (Lipinski definition) is 5. The molecule has 3 heterocycles. The molecule has 0 saturated carbocycles. The van der Waals surface area contributed by atoms with Crippen molar-refractivity contribution in [2.24, 2.45) is 7.05 Å². The van der Waals surface area contributed by atoms with Crippen LogP contribution in [-0.2, 0) is 17.1 Å². The minimum Gasteiger partial charge on any atom is -0.284 e. The molecule has 0 spiro atoms. The average Bonchev–Trinajstić information content (AvgIpc) is 3.38. The van der Waals surface area contributed by atoms with E-state index in [4.69, 9.17) is 0 Å². The third-order valence-corrected chi connectivity index (χ3v) is 5.79. The second-order valence-corrected chi connectivity index (χ2v) is 9.62. The van der Waals surface area contributed by atoms with Crippen LogP contribution in [0.15, 0.2) is 67.4 Å². The van der Waals surface area contributed by atoms with E-state index >= 15 is 0 Å². The van der Waals surface area contributed by atoms with Crippen LogP contribution in [0.5, 0.6) is 0 Å². The lowest BCUT2D eigenvalue weighted by atomic mass is 9.99. The van der Waals surface area contributed by atoms with Crippen LogP contribution in [0.4, 0.5) is 14.5 Å². The van der Waals surface area contributed by atoms with Crippen molar-refractivity contribution in [3.05, 3.63) is 79.0 Å². The zero-order valence-corrected chi connectivity index (χ0v) is 18.9. The third-order valence-electron chi connectivity index (χ3n) is 5.18. The summed E-state index contributed by atoms with van der Waals surface area (Å²) in [6, 6.07) is 8.01. The highest BCUT2D eigenvalue weighted by molar-refractivity contribution is 7.92. The number of rotatable bonds is 5. The van der Waals surface area contributed by atoms with Gasteiger partial charge in [0, 0.05) is 59.6 Å². The van der Waals surface area contributed by atoms with Gasteiger partial charge in [0.25, 0.3) is 0 Å². The Labute approximate surface area is 193 Å². The van der Waals surface area contributed by atoms with Gasteiger partial charge in [-0.15, -0.1) is 0 Å². The Bertz CT molecular complexity index is 1660. The number of hydrogen-bond donors (Lipinski definition) is 1. The standard InChI is InChI=1S/C23H18F2N6O2S/c1-30-12-17(10-27-30)16-9-26-23-21(11-28-31(23)13-16)15-5-14(6-19(7-15)29-34(2,32)33)20-4-3-18(24)8-22(20)25/h3-13,29H,1-2H3. The van der Waals surface area contributed by atoms with Crippen molar-refractivity contribution in [1.29, 1.82) is 0 Å². The maximum atomic E-state index is 14.5. The van der Waals surface area contributed by atoms with Crippen molar-refractivity contribution in [3.8, 4) is 33.4 Å². The van der Waals surface area contributed by atoms with Gasteiger partial charge in [0.15, 0.2) is 5.65 Å². The molecule has 0 aliphatic rings. The highest BCUT2D eigenvalue weighted by Crippen LogP contribution is 2.34. The lowest BCUT2D eigenvalue weighted by Gasteiger charge is -2.11. The molecule has 0 amide bonds. The molecule has 0 atom stereocenters. The third kappa shape index (κ3) is 4.25. The van der Waals surface area contributed by atoms with Crippen LogP contribution in [0.2, 0.25) is 0 Å². The summed E-state index contributed by atoms with van der Waals surface area (Å²) in [5.74, 6) is -1.47. The highest BCUT2D eigenvalue weighted by atomic mass is 32.2. The van der Waals surface area contributed by atoms with Crippen molar-refractivity contribution in [2.45, 2.75) is 0 Å². The van der Waals surface area contributed by atoms with E-state index in [0.717, 1.165) is 29.5 Å². The molecule has 1 N–H and O–H groups in total. The molecule has 0 aliphatic carbocycles. The van der Waals surface area contributed by atoms with Crippen molar-refractivity contribution >= 4 is 21.4 Å². The normalized spacial score (nSPS) is 11.8. The summed E-state index contributed by atoms with van der Waals surface area (Å²) >= 11 is 0. The molecular weight excluding hydrogens is 462 g/mol. The second-order valence-electron chi connectivity index (χ2n) is 7.87. The molecule has 0 unspecified atom stereocenters. The largest absolute Gasteiger partial charge is 0.284 e. The summed E-state index contributed by atoms with van der Waals surface area (Å²) in [5.41, 5.74) is 4.11. The van der Waals surface area contributed by atoms with E-state index in [0.29, 0.717) is 22.3 Å². The van der Waals surface area contributed by atoms with E-state index < -0.39 is 21.7 Å². The Hall–Kier alpha value is -4.12. The van der Waals surface area contributed by atoms with E-state index in [9.17, 15) is 17.2 Å². The summed E-state index contributed by atoms with van der Waals surface area (Å²) in [5, 5.41) is 8.55. The van der Waals surface area contributed by atoms with Crippen molar-refractivity contribution < 1.29 is 17.2 Å². The van der Waals surface area contributed by atoms with Gasteiger partial charge < -0.3 is 0 Å². The first-order valence-corrected chi connectivity index (χ1v) is 12.0. The first-order valence-electron chi connectivity index (χ1n) is 10.1. The van der Waals surface area contributed by atoms with Crippen LogP contribution in [0.3, 0.4) is 0 Å². The first-order chi connectivity index (χ1) is 16.2. The average molecular weight is 481 g/mol. The summed E-state index contributed by atoms with van der Waals surface area (Å²) in [7, 11) is -1.78. The maximum absolute atomic E-state index is 14.5. The summed E-state index contributed by atoms with van der Waals surface area (Å²) in [4.78, 5) is 4.54. The fourth-order valence-corrected chi connectivity index (χ4v) is 4.28. The Morgan fingerprint density at radius 2 is 1.59 bits per heavy atom. The molecule has 5 aromatic rings. The zero-order valence-electron chi connectivity index (χ0n) is 18.1. The Morgan fingerprint density at radius 1 is 0.853 bits per heavy atom. The number of sulfonamides is 1. The fourth-order valence-electron chi connectivity index (χ4n) is 3.73. The molecule has 0 aliphatic heterocycles. The van der Waals surface area contributed by atoms with E-state index in [1.807, 2.05) is 19.4 Å². The number of fused-ring (bicyclic) bond motifs is 1. The van der Waals surface area contributed by atoms with Crippen molar-refractivity contribution in [2.75, 3.05) is 11.0 Å². The van der Waals surface area contributed by atoms with Gasteiger partial charge in [0.05, 0.1) is 18.6 Å². The van der Waals surface area contributed by atoms with Gasteiger partial charge in [-0.1, -0.05) is 0 Å². The van der Waals surface area contributed by atoms with Crippen LogP contribution in [-0.4, -0.2) is 39.1 Å². The van der Waals surface area contributed by atoms with Crippen LogP contribution >= 0.6 is 0 Å². The second kappa shape index (κ2) is 8.03. The van der Waals surface area contributed by atoms with E-state index in [2.05, 4.69) is 19.9 Å².